The lowest BCUT2D eigenvalue weighted by molar-refractivity contribution is 1.36. The van der Waals surface area contributed by atoms with E-state index in [0.717, 1.165) is 0 Å². The molecule has 0 aliphatic rings. The molecule has 0 atom stereocenters. The van der Waals surface area contributed by atoms with Crippen LogP contribution in [-0.4, -0.2) is 5.14 Å². The summed E-state index contributed by atoms with van der Waals surface area (Å²) in [7, 11) is 0. The molecule has 2 heteroatoms. The minimum absolute atomic E-state index is 1.20. The topological polar surface area (TPSA) is 0 Å². The highest BCUT2D eigenvalue weighted by atomic mass is 127. The standard InChI is InChI=1S/C8H10BI/c1-7-2-4-8(5-3-7)6-9-10/h2-5,9H,6H2,1H3. The summed E-state index contributed by atoms with van der Waals surface area (Å²) in [6.07, 6.45) is 1.20. The number of halogens is 1. The minimum Gasteiger partial charge on any atom is -0.155 e. The molecule has 0 aliphatic heterocycles. The molecule has 0 aliphatic carbocycles. The highest BCUT2D eigenvalue weighted by molar-refractivity contribution is 14.1. The molecule has 0 saturated heterocycles. The highest BCUT2D eigenvalue weighted by Gasteiger charge is 1.90. The van der Waals surface area contributed by atoms with Gasteiger partial charge in [0.05, 0.1) is 0 Å². The van der Waals surface area contributed by atoms with Crippen LogP contribution in [0.15, 0.2) is 24.3 Å². The van der Waals surface area contributed by atoms with Crippen molar-refractivity contribution in [3.8, 4) is 0 Å². The molecule has 0 heterocycles. The molecule has 1 aromatic carbocycles. The number of aryl methyl sites for hydroxylation is 1. The van der Waals surface area contributed by atoms with E-state index in [1.54, 1.807) is 0 Å². The lowest BCUT2D eigenvalue weighted by atomic mass is 9.96. The first-order valence-corrected chi connectivity index (χ1v) is 4.97. The molecular weight excluding hydrogens is 234 g/mol. The average molecular weight is 244 g/mol. The molecular formula is C8H10BI. The third-order valence-electron chi connectivity index (χ3n) is 1.50. The lowest BCUT2D eigenvalue weighted by Crippen LogP contribution is -1.87. The van der Waals surface area contributed by atoms with Gasteiger partial charge in [-0.2, -0.15) is 22.4 Å². The van der Waals surface area contributed by atoms with Crippen molar-refractivity contribution >= 4 is 27.5 Å². The summed E-state index contributed by atoms with van der Waals surface area (Å²) < 4.78 is 0. The summed E-state index contributed by atoms with van der Waals surface area (Å²) in [5.41, 5.74) is 2.79. The molecule has 0 nitrogen and oxygen atoms in total. The first kappa shape index (κ1) is 8.11. The zero-order valence-corrected chi connectivity index (χ0v) is 8.26. The van der Waals surface area contributed by atoms with Crippen molar-refractivity contribution in [2.45, 2.75) is 13.2 Å². The van der Waals surface area contributed by atoms with Gasteiger partial charge in [-0.1, -0.05) is 35.4 Å². The van der Waals surface area contributed by atoms with E-state index >= 15 is 0 Å². The van der Waals surface area contributed by atoms with Gasteiger partial charge in [0.1, 0.15) is 0 Å². The van der Waals surface area contributed by atoms with Crippen LogP contribution in [0.5, 0.6) is 0 Å². The Morgan fingerprint density at radius 1 is 1.30 bits per heavy atom. The number of rotatable bonds is 2. The van der Waals surface area contributed by atoms with Crippen LogP contribution in [0.25, 0.3) is 0 Å². The monoisotopic (exact) mass is 244 g/mol. The van der Waals surface area contributed by atoms with Crippen LogP contribution in [-0.2, 0) is 6.32 Å². The summed E-state index contributed by atoms with van der Waals surface area (Å²) >= 11 is 2.40. The van der Waals surface area contributed by atoms with Crippen LogP contribution in [0.2, 0.25) is 0 Å². The molecule has 52 valence electrons. The fourth-order valence-corrected chi connectivity index (χ4v) is 1.49. The van der Waals surface area contributed by atoms with Crippen LogP contribution in [0.3, 0.4) is 0 Å². The molecule has 0 bridgehead atoms. The van der Waals surface area contributed by atoms with Crippen LogP contribution in [0.4, 0.5) is 0 Å². The third-order valence-corrected chi connectivity index (χ3v) is 2.04. The molecule has 0 unspecified atom stereocenters. The average Bonchev–Trinajstić information content (AvgIpc) is 1.95. The summed E-state index contributed by atoms with van der Waals surface area (Å²) in [5.74, 6) is 0. The smallest absolute Gasteiger partial charge is 0.155 e. The Morgan fingerprint density at radius 3 is 2.40 bits per heavy atom. The fourth-order valence-electron chi connectivity index (χ4n) is 0.864. The maximum absolute atomic E-state index is 2.40. The van der Waals surface area contributed by atoms with E-state index in [9.17, 15) is 0 Å². The van der Waals surface area contributed by atoms with Crippen molar-refractivity contribution in [2.75, 3.05) is 0 Å². The maximum atomic E-state index is 2.40. The van der Waals surface area contributed by atoms with Crippen molar-refractivity contribution in [3.05, 3.63) is 35.4 Å². The minimum atomic E-state index is 1.20. The Bertz CT molecular complexity index is 193. The second-order valence-electron chi connectivity index (χ2n) is 2.42. The van der Waals surface area contributed by atoms with Crippen molar-refractivity contribution in [1.29, 1.82) is 0 Å². The van der Waals surface area contributed by atoms with Gasteiger partial charge in [0, 0.05) is 0 Å². The normalized spacial score (nSPS) is 9.40. The molecule has 1 aromatic rings. The molecule has 0 amide bonds. The van der Waals surface area contributed by atoms with Crippen LogP contribution in [0, 0.1) is 6.92 Å². The van der Waals surface area contributed by atoms with Gasteiger partial charge in [-0.15, -0.1) is 0 Å². The van der Waals surface area contributed by atoms with E-state index in [1.807, 2.05) is 0 Å². The third kappa shape index (κ3) is 2.33. The predicted octanol–water partition coefficient (Wildman–Crippen LogP) is 2.28. The summed E-state index contributed by atoms with van der Waals surface area (Å²) in [5, 5.41) is 1.21. The summed E-state index contributed by atoms with van der Waals surface area (Å²) in [6, 6.07) is 8.74. The van der Waals surface area contributed by atoms with E-state index in [4.69, 9.17) is 0 Å². The van der Waals surface area contributed by atoms with Crippen molar-refractivity contribution < 1.29 is 0 Å². The highest BCUT2D eigenvalue weighted by Crippen LogP contribution is 2.03. The zero-order chi connectivity index (χ0) is 7.40. The Hall–Kier alpha value is 0.0149. The first-order valence-electron chi connectivity index (χ1n) is 3.44. The van der Waals surface area contributed by atoms with Gasteiger partial charge >= 0.3 is 0 Å². The fraction of sp³-hybridized carbons (Fsp3) is 0.250. The van der Waals surface area contributed by atoms with E-state index in [2.05, 4.69) is 53.6 Å². The number of hydrogen-bond donors (Lipinski definition) is 0. The molecule has 10 heavy (non-hydrogen) atoms. The lowest BCUT2D eigenvalue weighted by Gasteiger charge is -1.96. The molecule has 1 rings (SSSR count). The molecule has 0 N–H and O–H groups in total. The molecule has 0 radical (unpaired) electrons. The SMILES string of the molecule is Cc1ccc(CBI)cc1. The van der Waals surface area contributed by atoms with Gasteiger partial charge in [0.25, 0.3) is 0 Å². The van der Waals surface area contributed by atoms with Crippen LogP contribution < -0.4 is 0 Å². The Kier molecular flexibility index (Phi) is 3.26. The van der Waals surface area contributed by atoms with Crippen molar-refractivity contribution in [2.24, 2.45) is 0 Å². The van der Waals surface area contributed by atoms with Crippen LogP contribution in [0.1, 0.15) is 11.1 Å². The summed E-state index contributed by atoms with van der Waals surface area (Å²) in [6.45, 7) is 2.12. The Morgan fingerprint density at radius 2 is 1.90 bits per heavy atom. The zero-order valence-electron chi connectivity index (χ0n) is 6.10. The molecule has 0 saturated carbocycles. The predicted molar refractivity (Wildman–Crippen MR) is 56.1 cm³/mol. The molecule has 0 fully saturated rings. The molecule has 0 aromatic heterocycles. The Balaban J connectivity index is 2.69. The van der Waals surface area contributed by atoms with Gasteiger partial charge in [0.2, 0.25) is 5.14 Å². The van der Waals surface area contributed by atoms with E-state index < -0.39 is 0 Å². The van der Waals surface area contributed by atoms with E-state index in [1.165, 1.54) is 22.6 Å². The molecule has 0 spiro atoms. The first-order chi connectivity index (χ1) is 4.83. The van der Waals surface area contributed by atoms with Gasteiger partial charge in [-0.05, 0) is 13.2 Å². The van der Waals surface area contributed by atoms with Crippen LogP contribution >= 0.6 is 22.4 Å². The second-order valence-corrected chi connectivity index (χ2v) is 3.50. The second kappa shape index (κ2) is 4.01. The largest absolute Gasteiger partial charge is 0.204 e. The number of hydrogen-bond acceptors (Lipinski definition) is 0. The van der Waals surface area contributed by atoms with Gasteiger partial charge in [-0.3, -0.25) is 0 Å². The van der Waals surface area contributed by atoms with E-state index in [0.29, 0.717) is 0 Å². The van der Waals surface area contributed by atoms with Crippen molar-refractivity contribution in [1.82, 2.24) is 0 Å². The van der Waals surface area contributed by atoms with E-state index in [-0.39, 0.29) is 0 Å². The summed E-state index contributed by atoms with van der Waals surface area (Å²) in [4.78, 5) is 0. The van der Waals surface area contributed by atoms with Gasteiger partial charge in [0.15, 0.2) is 0 Å². The van der Waals surface area contributed by atoms with Gasteiger partial charge in [-0.25, -0.2) is 0 Å². The maximum Gasteiger partial charge on any atom is 0.204 e. The van der Waals surface area contributed by atoms with Crippen molar-refractivity contribution in [3.63, 3.8) is 0 Å². The van der Waals surface area contributed by atoms with Gasteiger partial charge < -0.3 is 0 Å². The number of benzene rings is 1. The Labute approximate surface area is 76.1 Å². The quantitative estimate of drug-likeness (QED) is 0.553.